The smallest absolute Gasteiger partial charge is 0.423 e. The fraction of sp³-hybridized carbons (Fsp3) is 0.525. The molecule has 0 spiro atoms. The lowest BCUT2D eigenvalue weighted by Crippen LogP contribution is -2.62. The second-order valence-electron chi connectivity index (χ2n) is 15.4. The number of nitrogens with one attached hydrogen (secondary N) is 3. The van der Waals surface area contributed by atoms with Crippen LogP contribution in [-0.4, -0.2) is 119 Å². The highest BCUT2D eigenvalue weighted by molar-refractivity contribution is 6.51. The third-order valence-electron chi connectivity index (χ3n) is 10.4. The van der Waals surface area contributed by atoms with E-state index in [1.165, 1.54) is 4.90 Å². The van der Waals surface area contributed by atoms with Crippen molar-refractivity contribution in [1.29, 1.82) is 0 Å². The van der Waals surface area contributed by atoms with Crippen molar-refractivity contribution in [2.24, 2.45) is 23.1 Å². The lowest BCUT2D eigenvalue weighted by Gasteiger charge is -2.41. The molecule has 2 aliphatic rings. The topological polar surface area (TPSA) is 246 Å². The molecule has 15 nitrogen and oxygen atoms in total. The zero-order valence-corrected chi connectivity index (χ0v) is 32.6. The van der Waals surface area contributed by atoms with E-state index in [4.69, 9.17) is 17.2 Å². The summed E-state index contributed by atoms with van der Waals surface area (Å²) in [5, 5.41) is 27.6. The first-order valence-electron chi connectivity index (χ1n) is 19.6. The van der Waals surface area contributed by atoms with Crippen LogP contribution in [0.2, 0.25) is 0 Å². The summed E-state index contributed by atoms with van der Waals surface area (Å²) in [5.74, 6) is -2.26. The van der Waals surface area contributed by atoms with Gasteiger partial charge in [0.05, 0.1) is 11.6 Å². The van der Waals surface area contributed by atoms with Gasteiger partial charge in [-0.1, -0.05) is 80.6 Å². The predicted molar refractivity (Wildman–Crippen MR) is 214 cm³/mol. The van der Waals surface area contributed by atoms with Crippen molar-refractivity contribution in [2.75, 3.05) is 32.7 Å². The highest BCUT2D eigenvalue weighted by Crippen LogP contribution is 2.25. The molecule has 1 fully saturated rings. The van der Waals surface area contributed by atoms with Crippen molar-refractivity contribution in [3.05, 3.63) is 83.3 Å². The van der Waals surface area contributed by atoms with Gasteiger partial charge in [-0.05, 0) is 74.0 Å². The summed E-state index contributed by atoms with van der Waals surface area (Å²) >= 11 is 0. The largest absolute Gasteiger partial charge is 0.485 e. The van der Waals surface area contributed by atoms with Crippen LogP contribution in [0.3, 0.4) is 0 Å². The van der Waals surface area contributed by atoms with Crippen molar-refractivity contribution in [3.8, 4) is 0 Å². The van der Waals surface area contributed by atoms with Crippen LogP contribution in [0.15, 0.2) is 72.2 Å². The number of unbranched alkanes of at least 4 members (excludes halogenated alkanes) is 1. The fourth-order valence-electron chi connectivity index (χ4n) is 7.09. The van der Waals surface area contributed by atoms with E-state index in [0.29, 0.717) is 31.3 Å². The molecular formula is C40H59BN8O7. The van der Waals surface area contributed by atoms with Gasteiger partial charge in [0.25, 0.3) is 0 Å². The maximum absolute atomic E-state index is 14.0. The van der Waals surface area contributed by atoms with E-state index < -0.39 is 54.5 Å². The van der Waals surface area contributed by atoms with Crippen LogP contribution in [0.5, 0.6) is 0 Å². The first-order valence-corrected chi connectivity index (χ1v) is 19.6. The maximum Gasteiger partial charge on any atom is 0.485 e. The SMILES string of the molecule is CC(C)C[C@@H](NC(=O)[C@@H](Cc1ccccc1)NC(=O)[C@H](N)Cc1ccccc1)C(=O)N[C@H](CCCCN)C(=O)N1CCC(N)(C(=O)N2CC=C(B(O)O)C2)CC1. The standard InChI is InChI=1S/C40H59BN8O7/c1-27(2)23-33(47-37(52)34(25-29-13-7-4-8-14-29)46-35(50)31(43)24-28-11-5-3-6-12-28)36(51)45-32(15-9-10-19-42)38(53)48-21-17-40(44,18-22-48)39(54)49-20-16-30(26-49)41(55)56/h3-8,11-14,16,27,31-34,55-56H,9-10,15,17-26,42-44H2,1-2H3,(H,45,51)(H,46,50)(H,47,52)/t31-,32-,33-,34-/m1/s1. The summed E-state index contributed by atoms with van der Waals surface area (Å²) in [5.41, 5.74) is 19.4. The molecule has 2 heterocycles. The van der Waals surface area contributed by atoms with E-state index in [2.05, 4.69) is 16.0 Å². The van der Waals surface area contributed by atoms with Crippen LogP contribution in [0.25, 0.3) is 0 Å². The van der Waals surface area contributed by atoms with Gasteiger partial charge in [0, 0.05) is 32.6 Å². The Morgan fingerprint density at radius 1 is 0.786 bits per heavy atom. The Bertz CT molecular complexity index is 1650. The molecule has 2 aromatic rings. The summed E-state index contributed by atoms with van der Waals surface area (Å²) in [6.07, 6.45) is 4.17. The zero-order chi connectivity index (χ0) is 40.8. The predicted octanol–water partition coefficient (Wildman–Crippen LogP) is -0.471. The summed E-state index contributed by atoms with van der Waals surface area (Å²) in [4.78, 5) is 71.8. The van der Waals surface area contributed by atoms with Crippen LogP contribution in [0.1, 0.15) is 63.5 Å². The lowest BCUT2D eigenvalue weighted by molar-refractivity contribution is -0.143. The van der Waals surface area contributed by atoms with Gasteiger partial charge >= 0.3 is 7.12 Å². The molecule has 0 aromatic heterocycles. The molecule has 5 amide bonds. The number of piperidine rings is 1. The number of benzene rings is 2. The number of carbonyl (C=O) groups is 5. The van der Waals surface area contributed by atoms with Gasteiger partial charge in [0.15, 0.2) is 0 Å². The monoisotopic (exact) mass is 774 g/mol. The molecule has 0 radical (unpaired) electrons. The van der Waals surface area contributed by atoms with Gasteiger partial charge in [-0.15, -0.1) is 0 Å². The Morgan fingerprint density at radius 3 is 1.89 bits per heavy atom. The lowest BCUT2D eigenvalue weighted by atomic mass is 9.80. The van der Waals surface area contributed by atoms with Gasteiger partial charge in [-0.2, -0.15) is 0 Å². The Balaban J connectivity index is 1.44. The first kappa shape index (κ1) is 44.1. The first-order chi connectivity index (χ1) is 26.7. The van der Waals surface area contributed by atoms with Crippen molar-refractivity contribution < 1.29 is 34.0 Å². The summed E-state index contributed by atoms with van der Waals surface area (Å²) < 4.78 is 0. The van der Waals surface area contributed by atoms with Crippen LogP contribution < -0.4 is 33.2 Å². The number of nitrogens with zero attached hydrogens (tertiary/aromatic N) is 2. The minimum absolute atomic E-state index is 0.0151. The molecule has 304 valence electrons. The van der Waals surface area contributed by atoms with E-state index in [9.17, 15) is 34.0 Å². The van der Waals surface area contributed by atoms with Crippen LogP contribution >= 0.6 is 0 Å². The average Bonchev–Trinajstić information content (AvgIpc) is 3.68. The third-order valence-corrected chi connectivity index (χ3v) is 10.4. The number of rotatable bonds is 19. The molecule has 0 unspecified atom stereocenters. The van der Waals surface area contributed by atoms with Crippen molar-refractivity contribution >= 4 is 36.7 Å². The Kier molecular flexibility index (Phi) is 16.6. The normalized spacial score (nSPS) is 17.3. The molecule has 16 heteroatoms. The van der Waals surface area contributed by atoms with Gasteiger partial charge < -0.3 is 53.0 Å². The van der Waals surface area contributed by atoms with E-state index >= 15 is 0 Å². The number of amides is 5. The minimum atomic E-state index is -1.65. The highest BCUT2D eigenvalue weighted by atomic mass is 16.4. The summed E-state index contributed by atoms with van der Waals surface area (Å²) in [7, 11) is -1.65. The molecular weight excluding hydrogens is 715 g/mol. The molecule has 0 bridgehead atoms. The van der Waals surface area contributed by atoms with E-state index in [1.807, 2.05) is 74.5 Å². The number of carbonyl (C=O) groups excluding carboxylic acids is 5. The molecule has 0 saturated carbocycles. The van der Waals surface area contributed by atoms with Gasteiger partial charge in [-0.25, -0.2) is 0 Å². The summed E-state index contributed by atoms with van der Waals surface area (Å²) in [6, 6.07) is 14.7. The van der Waals surface area contributed by atoms with Gasteiger partial charge in [0.2, 0.25) is 29.5 Å². The van der Waals surface area contributed by atoms with Crippen molar-refractivity contribution in [1.82, 2.24) is 25.8 Å². The van der Waals surface area contributed by atoms with Crippen LogP contribution in [0, 0.1) is 5.92 Å². The number of nitrogens with two attached hydrogens (primary N) is 3. The van der Waals surface area contributed by atoms with Crippen molar-refractivity contribution in [2.45, 2.75) is 94.9 Å². The zero-order valence-electron chi connectivity index (χ0n) is 32.6. The number of hydrogen-bond acceptors (Lipinski definition) is 10. The second kappa shape index (κ2) is 21.1. The number of likely N-dealkylation sites (tertiary alicyclic amines) is 1. The second-order valence-corrected chi connectivity index (χ2v) is 15.4. The quantitative estimate of drug-likeness (QED) is 0.0674. The van der Waals surface area contributed by atoms with E-state index in [-0.39, 0.29) is 76.0 Å². The number of hydrogen-bond donors (Lipinski definition) is 8. The van der Waals surface area contributed by atoms with Gasteiger partial charge in [-0.3, -0.25) is 24.0 Å². The molecule has 0 aliphatic carbocycles. The molecule has 11 N–H and O–H groups in total. The molecule has 56 heavy (non-hydrogen) atoms. The van der Waals surface area contributed by atoms with Crippen molar-refractivity contribution in [3.63, 3.8) is 0 Å². The summed E-state index contributed by atoms with van der Waals surface area (Å²) in [6.45, 7) is 4.90. The van der Waals surface area contributed by atoms with E-state index in [0.717, 1.165) is 11.1 Å². The average molecular weight is 775 g/mol. The molecule has 1 saturated heterocycles. The van der Waals surface area contributed by atoms with E-state index in [1.54, 1.807) is 11.0 Å². The maximum atomic E-state index is 14.0. The van der Waals surface area contributed by atoms with Crippen LogP contribution in [0.4, 0.5) is 0 Å². The molecule has 2 aromatic carbocycles. The minimum Gasteiger partial charge on any atom is -0.423 e. The molecule has 2 aliphatic heterocycles. The Labute approximate surface area is 329 Å². The Hall–Kier alpha value is -4.61. The Morgan fingerprint density at radius 2 is 1.34 bits per heavy atom. The third kappa shape index (κ3) is 12.7. The van der Waals surface area contributed by atoms with Gasteiger partial charge in [0.1, 0.15) is 18.1 Å². The van der Waals surface area contributed by atoms with Crippen LogP contribution in [-0.2, 0) is 36.8 Å². The molecule has 4 rings (SSSR count). The fourth-order valence-corrected chi connectivity index (χ4v) is 7.09. The highest BCUT2D eigenvalue weighted by Gasteiger charge is 2.43. The molecule has 4 atom stereocenters.